The van der Waals surface area contributed by atoms with Gasteiger partial charge in [-0.2, -0.15) is 0 Å². The minimum Gasteiger partial charge on any atom is -0.387 e. The van der Waals surface area contributed by atoms with Crippen molar-refractivity contribution in [3.63, 3.8) is 0 Å². The number of rotatable bonds is 2. The van der Waals surface area contributed by atoms with E-state index in [2.05, 4.69) is 9.97 Å². The van der Waals surface area contributed by atoms with E-state index in [9.17, 15) is 4.79 Å². The molecule has 6 nitrogen and oxygen atoms in total. The molecule has 0 aliphatic carbocycles. The quantitative estimate of drug-likeness (QED) is 0.532. The largest absolute Gasteiger partial charge is 0.387 e. The molecule has 1 fully saturated rings. The highest BCUT2D eigenvalue weighted by molar-refractivity contribution is 6.32. The summed E-state index contributed by atoms with van der Waals surface area (Å²) in [6.07, 6.45) is 3.14. The van der Waals surface area contributed by atoms with Gasteiger partial charge in [-0.25, -0.2) is 4.98 Å². The lowest BCUT2D eigenvalue weighted by Gasteiger charge is -2.33. The van der Waals surface area contributed by atoms with Crippen LogP contribution in [0.15, 0.2) is 11.1 Å². The highest BCUT2D eigenvalue weighted by Gasteiger charge is 2.24. The van der Waals surface area contributed by atoms with E-state index in [-0.39, 0.29) is 22.3 Å². The van der Waals surface area contributed by atoms with Gasteiger partial charge in [-0.3, -0.25) is 10.2 Å². The van der Waals surface area contributed by atoms with Crippen molar-refractivity contribution >= 4 is 23.3 Å². The Balaban J connectivity index is 2.25. The number of anilines is 1. The standard InChI is InChI=1S/C10H14ClN5O/c11-7-9(14-5-15-10(7)17)16-3-1-2-6(4-16)8(12)13/h5-6H,1-4H2,(H3,12,13)(H,14,15,17). The van der Waals surface area contributed by atoms with Crippen molar-refractivity contribution in [1.82, 2.24) is 9.97 Å². The normalized spacial score (nSPS) is 20.3. The maximum Gasteiger partial charge on any atom is 0.271 e. The molecule has 1 aliphatic heterocycles. The first-order valence-corrected chi connectivity index (χ1v) is 5.79. The molecule has 7 heteroatoms. The van der Waals surface area contributed by atoms with Gasteiger partial charge in [0, 0.05) is 19.0 Å². The zero-order valence-corrected chi connectivity index (χ0v) is 10.00. The molecular formula is C10H14ClN5O. The number of hydrogen-bond acceptors (Lipinski definition) is 4. The zero-order chi connectivity index (χ0) is 12.4. The number of aromatic amines is 1. The summed E-state index contributed by atoms with van der Waals surface area (Å²) in [7, 11) is 0. The molecule has 2 rings (SSSR count). The van der Waals surface area contributed by atoms with Gasteiger partial charge in [0.2, 0.25) is 0 Å². The fourth-order valence-corrected chi connectivity index (χ4v) is 2.24. The predicted octanol–water partition coefficient (Wildman–Crippen LogP) is 0.576. The molecule has 1 saturated heterocycles. The summed E-state index contributed by atoms with van der Waals surface area (Å²) in [5, 5.41) is 7.56. The Morgan fingerprint density at radius 2 is 2.47 bits per heavy atom. The van der Waals surface area contributed by atoms with E-state index in [4.69, 9.17) is 22.7 Å². The van der Waals surface area contributed by atoms with Gasteiger partial charge in [-0.15, -0.1) is 0 Å². The van der Waals surface area contributed by atoms with Crippen molar-refractivity contribution in [2.24, 2.45) is 11.7 Å². The van der Waals surface area contributed by atoms with Crippen LogP contribution in [0.1, 0.15) is 12.8 Å². The summed E-state index contributed by atoms with van der Waals surface area (Å²) in [6.45, 7) is 1.37. The van der Waals surface area contributed by atoms with E-state index in [1.807, 2.05) is 4.90 Å². The Kier molecular flexibility index (Phi) is 3.33. The molecule has 0 amide bonds. The fourth-order valence-electron chi connectivity index (χ4n) is 2.02. The third-order valence-electron chi connectivity index (χ3n) is 2.94. The fraction of sp³-hybridized carbons (Fsp3) is 0.500. The first-order chi connectivity index (χ1) is 8.09. The number of amidine groups is 1. The average Bonchev–Trinajstić information content (AvgIpc) is 2.33. The third kappa shape index (κ3) is 2.41. The number of aromatic nitrogens is 2. The van der Waals surface area contributed by atoms with E-state index >= 15 is 0 Å². The van der Waals surface area contributed by atoms with Crippen molar-refractivity contribution in [2.45, 2.75) is 12.8 Å². The molecule has 1 aliphatic rings. The second-order valence-electron chi connectivity index (χ2n) is 4.11. The van der Waals surface area contributed by atoms with Gasteiger partial charge in [-0.1, -0.05) is 11.6 Å². The summed E-state index contributed by atoms with van der Waals surface area (Å²) in [6, 6.07) is 0. The lowest BCUT2D eigenvalue weighted by atomic mass is 9.97. The number of piperidine rings is 1. The van der Waals surface area contributed by atoms with E-state index in [1.165, 1.54) is 6.33 Å². The summed E-state index contributed by atoms with van der Waals surface area (Å²) < 4.78 is 0. The van der Waals surface area contributed by atoms with E-state index in [0.29, 0.717) is 12.4 Å². The Morgan fingerprint density at radius 1 is 1.71 bits per heavy atom. The zero-order valence-electron chi connectivity index (χ0n) is 9.24. The van der Waals surface area contributed by atoms with Crippen molar-refractivity contribution in [3.05, 3.63) is 21.7 Å². The van der Waals surface area contributed by atoms with Gasteiger partial charge in [-0.05, 0) is 12.8 Å². The number of nitrogens with two attached hydrogens (primary N) is 1. The van der Waals surface area contributed by atoms with Gasteiger partial charge >= 0.3 is 0 Å². The molecule has 4 N–H and O–H groups in total. The monoisotopic (exact) mass is 255 g/mol. The van der Waals surface area contributed by atoms with Crippen LogP contribution in [0.5, 0.6) is 0 Å². The molecule has 0 saturated carbocycles. The van der Waals surface area contributed by atoms with Crippen LogP contribution in [-0.2, 0) is 0 Å². The summed E-state index contributed by atoms with van der Waals surface area (Å²) in [4.78, 5) is 19.8. The summed E-state index contributed by atoms with van der Waals surface area (Å²) in [5.74, 6) is 0.665. The van der Waals surface area contributed by atoms with E-state index in [1.54, 1.807) is 0 Å². The van der Waals surface area contributed by atoms with Crippen LogP contribution in [0.2, 0.25) is 5.02 Å². The Hall–Kier alpha value is -1.56. The van der Waals surface area contributed by atoms with Gasteiger partial charge in [0.25, 0.3) is 5.56 Å². The molecule has 0 bridgehead atoms. The number of nitrogens with zero attached hydrogens (tertiary/aromatic N) is 2. The van der Waals surface area contributed by atoms with E-state index < -0.39 is 0 Å². The smallest absolute Gasteiger partial charge is 0.271 e. The van der Waals surface area contributed by atoms with Crippen LogP contribution in [0, 0.1) is 11.3 Å². The minimum absolute atomic E-state index is 0.0147. The maximum atomic E-state index is 11.4. The number of hydrogen-bond donors (Lipinski definition) is 3. The number of halogens is 1. The lowest BCUT2D eigenvalue weighted by Crippen LogP contribution is -2.41. The van der Waals surface area contributed by atoms with Crippen molar-refractivity contribution in [3.8, 4) is 0 Å². The molecule has 1 aromatic rings. The van der Waals surface area contributed by atoms with Gasteiger partial charge in [0.15, 0.2) is 5.82 Å². The van der Waals surface area contributed by atoms with Gasteiger partial charge in [0.05, 0.1) is 12.2 Å². The first kappa shape index (κ1) is 11.9. The molecule has 1 atom stereocenters. The lowest BCUT2D eigenvalue weighted by molar-refractivity contribution is 0.500. The van der Waals surface area contributed by atoms with Crippen LogP contribution < -0.4 is 16.2 Å². The SMILES string of the molecule is N=C(N)C1CCCN(c2nc[nH]c(=O)c2Cl)C1. The number of H-pyrrole nitrogens is 1. The van der Waals surface area contributed by atoms with Crippen molar-refractivity contribution in [2.75, 3.05) is 18.0 Å². The first-order valence-electron chi connectivity index (χ1n) is 5.41. The van der Waals surface area contributed by atoms with Gasteiger partial charge < -0.3 is 15.6 Å². The summed E-state index contributed by atoms with van der Waals surface area (Å²) in [5.41, 5.74) is 5.17. The summed E-state index contributed by atoms with van der Waals surface area (Å²) >= 11 is 5.92. The molecule has 0 radical (unpaired) electrons. The van der Waals surface area contributed by atoms with Crippen molar-refractivity contribution in [1.29, 1.82) is 5.41 Å². The Morgan fingerprint density at radius 3 is 3.18 bits per heavy atom. The highest BCUT2D eigenvalue weighted by atomic mass is 35.5. The highest BCUT2D eigenvalue weighted by Crippen LogP contribution is 2.24. The Labute approximate surface area is 103 Å². The molecule has 17 heavy (non-hydrogen) atoms. The van der Waals surface area contributed by atoms with Crippen LogP contribution in [0.4, 0.5) is 5.82 Å². The second-order valence-corrected chi connectivity index (χ2v) is 4.49. The third-order valence-corrected chi connectivity index (χ3v) is 3.28. The van der Waals surface area contributed by atoms with Crippen molar-refractivity contribution < 1.29 is 0 Å². The number of nitrogens with one attached hydrogen (secondary N) is 2. The molecule has 2 heterocycles. The molecular weight excluding hydrogens is 242 g/mol. The Bertz CT molecular complexity index is 486. The molecule has 1 aromatic heterocycles. The van der Waals surface area contributed by atoms with Gasteiger partial charge in [0.1, 0.15) is 5.02 Å². The molecule has 0 aromatic carbocycles. The van der Waals surface area contributed by atoms with Crippen LogP contribution in [0.3, 0.4) is 0 Å². The topological polar surface area (TPSA) is 98.9 Å². The van der Waals surface area contributed by atoms with Crippen LogP contribution in [0.25, 0.3) is 0 Å². The van der Waals surface area contributed by atoms with Crippen LogP contribution in [-0.4, -0.2) is 28.9 Å². The van der Waals surface area contributed by atoms with E-state index in [0.717, 1.165) is 19.4 Å². The molecule has 0 spiro atoms. The maximum absolute atomic E-state index is 11.4. The predicted molar refractivity (Wildman–Crippen MR) is 66.7 cm³/mol. The molecule has 92 valence electrons. The van der Waals surface area contributed by atoms with Crippen LogP contribution >= 0.6 is 11.6 Å². The molecule has 1 unspecified atom stereocenters. The minimum atomic E-state index is -0.346. The average molecular weight is 256 g/mol. The second kappa shape index (κ2) is 4.75.